The first-order valence-electron chi connectivity index (χ1n) is 6.88. The maximum absolute atomic E-state index is 12.5. The van der Waals surface area contributed by atoms with Crippen LogP contribution in [0.25, 0.3) is 0 Å². The van der Waals surface area contributed by atoms with Crippen LogP contribution in [0.3, 0.4) is 0 Å². The minimum Gasteiger partial charge on any atom is -0.336 e. The van der Waals surface area contributed by atoms with E-state index in [0.29, 0.717) is 6.04 Å². The molecule has 104 valence electrons. The number of nitrogens with zero attached hydrogens (tertiary/aromatic N) is 1. The van der Waals surface area contributed by atoms with Crippen LogP contribution in [-0.2, 0) is 14.6 Å². The zero-order valence-corrected chi connectivity index (χ0v) is 12.1. The number of carbonyl (C=O) groups is 1. The lowest BCUT2D eigenvalue weighted by Crippen LogP contribution is -2.46. The number of hydrogen-bond acceptors (Lipinski definition) is 3. The predicted octanol–water partition coefficient (Wildman–Crippen LogP) is 1.60. The molecule has 1 atom stereocenters. The fourth-order valence-corrected chi connectivity index (χ4v) is 4.05. The van der Waals surface area contributed by atoms with Gasteiger partial charge in [0.05, 0.1) is 5.75 Å². The van der Waals surface area contributed by atoms with Gasteiger partial charge >= 0.3 is 0 Å². The topological polar surface area (TPSA) is 54.5 Å². The standard InChI is InChI=1S/C13H23NO3S/c1-10(9-18(2,16)17)14(12-7-8-12)13(15)11-5-3-4-6-11/h10-12H,3-9H2,1-2H3/t10-/m1/s1. The van der Waals surface area contributed by atoms with E-state index in [9.17, 15) is 13.2 Å². The molecule has 1 amide bonds. The van der Waals surface area contributed by atoms with Crippen LogP contribution in [0, 0.1) is 5.92 Å². The van der Waals surface area contributed by atoms with Crippen molar-refractivity contribution in [3.63, 3.8) is 0 Å². The van der Waals surface area contributed by atoms with Gasteiger partial charge in [0.15, 0.2) is 0 Å². The molecule has 0 radical (unpaired) electrons. The molecule has 5 heteroatoms. The van der Waals surface area contributed by atoms with Crippen LogP contribution < -0.4 is 0 Å². The Balaban J connectivity index is 2.05. The Kier molecular flexibility index (Phi) is 3.99. The first-order chi connectivity index (χ1) is 8.38. The van der Waals surface area contributed by atoms with E-state index < -0.39 is 9.84 Å². The Labute approximate surface area is 110 Å². The van der Waals surface area contributed by atoms with Crippen molar-refractivity contribution in [2.75, 3.05) is 12.0 Å². The molecule has 2 fully saturated rings. The third-order valence-electron chi connectivity index (χ3n) is 3.92. The second kappa shape index (κ2) is 5.19. The third kappa shape index (κ3) is 3.46. The van der Waals surface area contributed by atoms with Crippen molar-refractivity contribution >= 4 is 15.7 Å². The van der Waals surface area contributed by atoms with Gasteiger partial charge in [0, 0.05) is 24.3 Å². The SMILES string of the molecule is C[C@H](CS(C)(=O)=O)N(C(=O)C1CCCC1)C1CC1. The van der Waals surface area contributed by atoms with Gasteiger partial charge in [-0.05, 0) is 32.6 Å². The summed E-state index contributed by atoms with van der Waals surface area (Å²) in [5.74, 6) is 0.431. The van der Waals surface area contributed by atoms with E-state index in [-0.39, 0.29) is 23.6 Å². The Morgan fingerprint density at radius 2 is 1.78 bits per heavy atom. The Morgan fingerprint density at radius 1 is 1.22 bits per heavy atom. The summed E-state index contributed by atoms with van der Waals surface area (Å²) in [5, 5.41) is 0. The molecule has 2 aliphatic carbocycles. The summed E-state index contributed by atoms with van der Waals surface area (Å²) in [6, 6.07) is 0.121. The predicted molar refractivity (Wildman–Crippen MR) is 71.0 cm³/mol. The molecular formula is C13H23NO3S. The second-order valence-electron chi connectivity index (χ2n) is 5.90. The van der Waals surface area contributed by atoms with Crippen molar-refractivity contribution in [1.82, 2.24) is 4.90 Å². The normalized spacial score (nSPS) is 23.0. The molecule has 2 aliphatic rings. The highest BCUT2D eigenvalue weighted by molar-refractivity contribution is 7.90. The summed E-state index contributed by atoms with van der Waals surface area (Å²) >= 11 is 0. The Morgan fingerprint density at radius 3 is 2.22 bits per heavy atom. The van der Waals surface area contributed by atoms with E-state index in [2.05, 4.69) is 0 Å². The van der Waals surface area contributed by atoms with Crippen LogP contribution in [0.1, 0.15) is 45.4 Å². The van der Waals surface area contributed by atoms with Crippen LogP contribution in [0.15, 0.2) is 0 Å². The highest BCUT2D eigenvalue weighted by Crippen LogP contribution is 2.34. The summed E-state index contributed by atoms with van der Waals surface area (Å²) in [7, 11) is -3.03. The summed E-state index contributed by atoms with van der Waals surface area (Å²) < 4.78 is 22.8. The largest absolute Gasteiger partial charge is 0.336 e. The molecule has 0 saturated heterocycles. The lowest BCUT2D eigenvalue weighted by Gasteiger charge is -2.31. The number of carbonyl (C=O) groups excluding carboxylic acids is 1. The molecule has 0 aromatic carbocycles. The average Bonchev–Trinajstić information content (AvgIpc) is 2.91. The van der Waals surface area contributed by atoms with Gasteiger partial charge in [0.2, 0.25) is 5.91 Å². The molecule has 2 rings (SSSR count). The second-order valence-corrected chi connectivity index (χ2v) is 8.08. The quantitative estimate of drug-likeness (QED) is 0.764. The Hall–Kier alpha value is -0.580. The molecule has 4 nitrogen and oxygen atoms in total. The molecule has 0 aliphatic heterocycles. The van der Waals surface area contributed by atoms with E-state index in [1.54, 1.807) is 0 Å². The molecule has 0 unspecified atom stereocenters. The van der Waals surface area contributed by atoms with Crippen molar-refractivity contribution in [1.29, 1.82) is 0 Å². The number of hydrogen-bond donors (Lipinski definition) is 0. The molecule has 0 aromatic rings. The van der Waals surface area contributed by atoms with Crippen LogP contribution >= 0.6 is 0 Å². The lowest BCUT2D eigenvalue weighted by molar-refractivity contribution is -0.137. The van der Waals surface area contributed by atoms with Crippen LogP contribution in [0.4, 0.5) is 0 Å². The number of rotatable bonds is 5. The van der Waals surface area contributed by atoms with Crippen molar-refractivity contribution in [2.24, 2.45) is 5.92 Å². The lowest BCUT2D eigenvalue weighted by atomic mass is 10.1. The molecule has 0 bridgehead atoms. The minimum absolute atomic E-state index is 0.0853. The van der Waals surface area contributed by atoms with Gasteiger partial charge in [-0.25, -0.2) is 8.42 Å². The van der Waals surface area contributed by atoms with Gasteiger partial charge in [-0.3, -0.25) is 4.79 Å². The summed E-state index contributed by atoms with van der Waals surface area (Å²) in [6.45, 7) is 1.87. The third-order valence-corrected chi connectivity index (χ3v) is 5.01. The van der Waals surface area contributed by atoms with Crippen molar-refractivity contribution in [3.8, 4) is 0 Å². The van der Waals surface area contributed by atoms with Gasteiger partial charge in [-0.15, -0.1) is 0 Å². The Bertz CT molecular complexity index is 408. The van der Waals surface area contributed by atoms with E-state index in [4.69, 9.17) is 0 Å². The van der Waals surface area contributed by atoms with E-state index >= 15 is 0 Å². The smallest absolute Gasteiger partial charge is 0.226 e. The van der Waals surface area contributed by atoms with E-state index in [0.717, 1.165) is 38.5 Å². The molecule has 0 spiro atoms. The van der Waals surface area contributed by atoms with Crippen molar-refractivity contribution in [2.45, 2.75) is 57.5 Å². The van der Waals surface area contributed by atoms with Crippen LogP contribution in [0.5, 0.6) is 0 Å². The molecule has 0 heterocycles. The molecule has 0 N–H and O–H groups in total. The van der Waals surface area contributed by atoms with Gasteiger partial charge in [-0.2, -0.15) is 0 Å². The number of amides is 1. The van der Waals surface area contributed by atoms with Gasteiger partial charge < -0.3 is 4.90 Å². The van der Waals surface area contributed by atoms with E-state index in [1.165, 1.54) is 6.26 Å². The molecular weight excluding hydrogens is 250 g/mol. The number of sulfone groups is 1. The zero-order chi connectivity index (χ0) is 13.3. The molecule has 2 saturated carbocycles. The summed E-state index contributed by atoms with van der Waals surface area (Å²) in [4.78, 5) is 14.4. The zero-order valence-electron chi connectivity index (χ0n) is 11.3. The highest BCUT2D eigenvalue weighted by atomic mass is 32.2. The average molecular weight is 273 g/mol. The molecule has 18 heavy (non-hydrogen) atoms. The van der Waals surface area contributed by atoms with Crippen LogP contribution in [0.2, 0.25) is 0 Å². The maximum Gasteiger partial charge on any atom is 0.226 e. The summed E-state index contributed by atoms with van der Waals surface area (Å²) in [6.07, 6.45) is 7.54. The fourth-order valence-electron chi connectivity index (χ4n) is 3.01. The van der Waals surface area contributed by atoms with E-state index in [1.807, 2.05) is 11.8 Å². The maximum atomic E-state index is 12.5. The highest BCUT2D eigenvalue weighted by Gasteiger charge is 2.39. The first-order valence-corrected chi connectivity index (χ1v) is 8.94. The van der Waals surface area contributed by atoms with Crippen LogP contribution in [-0.4, -0.2) is 43.3 Å². The first kappa shape index (κ1) is 13.8. The van der Waals surface area contributed by atoms with Gasteiger partial charge in [-0.1, -0.05) is 12.8 Å². The van der Waals surface area contributed by atoms with Crippen molar-refractivity contribution < 1.29 is 13.2 Å². The molecule has 0 aromatic heterocycles. The van der Waals surface area contributed by atoms with Crippen molar-refractivity contribution in [3.05, 3.63) is 0 Å². The minimum atomic E-state index is -3.03. The summed E-state index contributed by atoms with van der Waals surface area (Å²) in [5.41, 5.74) is 0. The fraction of sp³-hybridized carbons (Fsp3) is 0.923. The monoisotopic (exact) mass is 273 g/mol. The van der Waals surface area contributed by atoms with Gasteiger partial charge in [0.1, 0.15) is 9.84 Å². The van der Waals surface area contributed by atoms with Gasteiger partial charge in [0.25, 0.3) is 0 Å².